The standard InChI is InChI=1S/C14H19ClN2/c15-14-4-3-12-9-17(10-13(12)6-14)8-11-2-1-5-16-7-11/h3-4,6,11,16H,1-2,5,7-10H2. The van der Waals surface area contributed by atoms with Gasteiger partial charge in [0.15, 0.2) is 0 Å². The first kappa shape index (κ1) is 11.5. The van der Waals surface area contributed by atoms with Gasteiger partial charge in [-0.25, -0.2) is 0 Å². The molecule has 17 heavy (non-hydrogen) atoms. The van der Waals surface area contributed by atoms with Crippen molar-refractivity contribution in [2.24, 2.45) is 5.92 Å². The van der Waals surface area contributed by atoms with Crippen LogP contribution in [0.5, 0.6) is 0 Å². The third kappa shape index (κ3) is 2.65. The second-order valence-electron chi connectivity index (χ2n) is 5.30. The zero-order valence-electron chi connectivity index (χ0n) is 10.1. The van der Waals surface area contributed by atoms with Crippen molar-refractivity contribution in [2.75, 3.05) is 19.6 Å². The highest BCUT2D eigenvalue weighted by Crippen LogP contribution is 2.27. The molecule has 1 unspecified atom stereocenters. The molecule has 0 aromatic heterocycles. The summed E-state index contributed by atoms with van der Waals surface area (Å²) in [7, 11) is 0. The highest BCUT2D eigenvalue weighted by Gasteiger charge is 2.22. The van der Waals surface area contributed by atoms with E-state index >= 15 is 0 Å². The monoisotopic (exact) mass is 250 g/mol. The van der Waals surface area contributed by atoms with Gasteiger partial charge < -0.3 is 5.32 Å². The molecule has 1 fully saturated rings. The molecule has 2 nitrogen and oxygen atoms in total. The Bertz CT molecular complexity index is 399. The normalized spacial score (nSPS) is 24.9. The largest absolute Gasteiger partial charge is 0.316 e. The van der Waals surface area contributed by atoms with Crippen molar-refractivity contribution in [2.45, 2.75) is 25.9 Å². The van der Waals surface area contributed by atoms with E-state index in [4.69, 9.17) is 11.6 Å². The maximum absolute atomic E-state index is 6.03. The Morgan fingerprint density at radius 3 is 3.00 bits per heavy atom. The average molecular weight is 251 g/mol. The van der Waals surface area contributed by atoms with Gasteiger partial charge in [-0.2, -0.15) is 0 Å². The number of fused-ring (bicyclic) bond motifs is 1. The summed E-state index contributed by atoms with van der Waals surface area (Å²) in [6.07, 6.45) is 2.71. The third-order valence-electron chi connectivity index (χ3n) is 3.87. The lowest BCUT2D eigenvalue weighted by molar-refractivity contribution is 0.211. The van der Waals surface area contributed by atoms with Gasteiger partial charge in [-0.1, -0.05) is 17.7 Å². The molecule has 0 spiro atoms. The van der Waals surface area contributed by atoms with Crippen LogP contribution in [0.15, 0.2) is 18.2 Å². The maximum atomic E-state index is 6.03. The summed E-state index contributed by atoms with van der Waals surface area (Å²) < 4.78 is 0. The SMILES string of the molecule is Clc1ccc2c(c1)CN(CC1CCCNC1)C2. The first-order valence-corrected chi connectivity index (χ1v) is 6.89. The fourth-order valence-corrected chi connectivity index (χ4v) is 3.20. The van der Waals surface area contributed by atoms with Crippen molar-refractivity contribution in [1.82, 2.24) is 10.2 Å². The molecule has 3 heteroatoms. The molecule has 1 aromatic rings. The summed E-state index contributed by atoms with van der Waals surface area (Å²) in [6, 6.07) is 6.30. The van der Waals surface area contributed by atoms with E-state index in [1.54, 1.807) is 0 Å². The molecule has 92 valence electrons. The van der Waals surface area contributed by atoms with Gasteiger partial charge in [-0.05, 0) is 55.1 Å². The van der Waals surface area contributed by atoms with Crippen LogP contribution in [0, 0.1) is 5.92 Å². The Morgan fingerprint density at radius 1 is 1.29 bits per heavy atom. The lowest BCUT2D eigenvalue weighted by atomic mass is 9.99. The fourth-order valence-electron chi connectivity index (χ4n) is 3.01. The molecule has 2 aliphatic heterocycles. The van der Waals surface area contributed by atoms with E-state index in [9.17, 15) is 0 Å². The summed E-state index contributed by atoms with van der Waals surface area (Å²) in [5, 5.41) is 4.36. The van der Waals surface area contributed by atoms with Crippen LogP contribution in [-0.4, -0.2) is 24.5 Å². The minimum atomic E-state index is 0.827. The van der Waals surface area contributed by atoms with Crippen molar-refractivity contribution >= 4 is 11.6 Å². The highest BCUT2D eigenvalue weighted by atomic mass is 35.5. The Kier molecular flexibility index (Phi) is 3.37. The molecule has 0 amide bonds. The van der Waals surface area contributed by atoms with E-state index < -0.39 is 0 Å². The quantitative estimate of drug-likeness (QED) is 0.868. The van der Waals surface area contributed by atoms with E-state index in [0.717, 1.165) is 24.0 Å². The predicted octanol–water partition coefficient (Wildman–Crippen LogP) is 2.66. The Labute approximate surface area is 108 Å². The summed E-state index contributed by atoms with van der Waals surface area (Å²) in [5.41, 5.74) is 2.87. The first-order chi connectivity index (χ1) is 8.31. The molecule has 3 rings (SSSR count). The van der Waals surface area contributed by atoms with Gasteiger partial charge in [0.2, 0.25) is 0 Å². The number of halogens is 1. The van der Waals surface area contributed by atoms with Gasteiger partial charge >= 0.3 is 0 Å². The van der Waals surface area contributed by atoms with Crippen LogP contribution in [0.2, 0.25) is 5.02 Å². The summed E-state index contributed by atoms with van der Waals surface area (Å²) in [6.45, 7) is 5.79. The highest BCUT2D eigenvalue weighted by molar-refractivity contribution is 6.30. The number of hydrogen-bond acceptors (Lipinski definition) is 2. The summed E-state index contributed by atoms with van der Waals surface area (Å²) in [4.78, 5) is 2.55. The van der Waals surface area contributed by atoms with E-state index in [1.165, 1.54) is 43.6 Å². The molecule has 1 aromatic carbocycles. The molecule has 1 N–H and O–H groups in total. The van der Waals surface area contributed by atoms with E-state index in [-0.39, 0.29) is 0 Å². The van der Waals surface area contributed by atoms with E-state index in [2.05, 4.69) is 22.3 Å². The Hall–Kier alpha value is -0.570. The molecule has 0 aliphatic carbocycles. The van der Waals surface area contributed by atoms with Gasteiger partial charge in [0.25, 0.3) is 0 Å². The summed E-state index contributed by atoms with van der Waals surface area (Å²) >= 11 is 6.03. The molecule has 0 saturated carbocycles. The minimum Gasteiger partial charge on any atom is -0.316 e. The number of rotatable bonds is 2. The Balaban J connectivity index is 1.61. The van der Waals surface area contributed by atoms with Crippen LogP contribution in [0.1, 0.15) is 24.0 Å². The zero-order valence-corrected chi connectivity index (χ0v) is 10.8. The topological polar surface area (TPSA) is 15.3 Å². The molecular formula is C14H19ClN2. The van der Waals surface area contributed by atoms with E-state index in [1.807, 2.05) is 6.07 Å². The van der Waals surface area contributed by atoms with Crippen LogP contribution in [0.4, 0.5) is 0 Å². The number of benzene rings is 1. The molecule has 1 saturated heterocycles. The van der Waals surface area contributed by atoms with Gasteiger partial charge in [0.05, 0.1) is 0 Å². The van der Waals surface area contributed by atoms with Crippen molar-refractivity contribution < 1.29 is 0 Å². The maximum Gasteiger partial charge on any atom is 0.0409 e. The molecule has 0 radical (unpaired) electrons. The third-order valence-corrected chi connectivity index (χ3v) is 4.11. The van der Waals surface area contributed by atoms with Crippen molar-refractivity contribution in [3.05, 3.63) is 34.3 Å². The van der Waals surface area contributed by atoms with Crippen molar-refractivity contribution in [1.29, 1.82) is 0 Å². The predicted molar refractivity (Wildman–Crippen MR) is 71.2 cm³/mol. The average Bonchev–Trinajstić information content (AvgIpc) is 2.71. The smallest absolute Gasteiger partial charge is 0.0409 e. The van der Waals surface area contributed by atoms with Gasteiger partial charge in [0.1, 0.15) is 0 Å². The fraction of sp³-hybridized carbons (Fsp3) is 0.571. The molecular weight excluding hydrogens is 232 g/mol. The summed E-state index contributed by atoms with van der Waals surface area (Å²) in [5.74, 6) is 0.827. The van der Waals surface area contributed by atoms with Crippen LogP contribution < -0.4 is 5.32 Å². The van der Waals surface area contributed by atoms with Gasteiger partial charge in [-0.3, -0.25) is 4.90 Å². The minimum absolute atomic E-state index is 0.827. The van der Waals surface area contributed by atoms with Crippen LogP contribution >= 0.6 is 11.6 Å². The molecule has 2 aliphatic rings. The zero-order chi connectivity index (χ0) is 11.7. The number of nitrogens with one attached hydrogen (secondary N) is 1. The molecule has 1 atom stereocenters. The lowest BCUT2D eigenvalue weighted by Gasteiger charge is -2.27. The number of nitrogens with zero attached hydrogens (tertiary/aromatic N) is 1. The molecule has 2 heterocycles. The number of hydrogen-bond donors (Lipinski definition) is 1. The Morgan fingerprint density at radius 2 is 2.18 bits per heavy atom. The first-order valence-electron chi connectivity index (χ1n) is 6.51. The van der Waals surface area contributed by atoms with Gasteiger partial charge in [0, 0.05) is 24.7 Å². The van der Waals surface area contributed by atoms with Crippen molar-refractivity contribution in [3.63, 3.8) is 0 Å². The molecule has 0 bridgehead atoms. The van der Waals surface area contributed by atoms with Crippen LogP contribution in [0.25, 0.3) is 0 Å². The second kappa shape index (κ2) is 4.97. The van der Waals surface area contributed by atoms with Crippen LogP contribution in [0.3, 0.4) is 0 Å². The van der Waals surface area contributed by atoms with Crippen molar-refractivity contribution in [3.8, 4) is 0 Å². The second-order valence-corrected chi connectivity index (χ2v) is 5.73. The lowest BCUT2D eigenvalue weighted by Crippen LogP contribution is -2.36. The van der Waals surface area contributed by atoms with Gasteiger partial charge in [-0.15, -0.1) is 0 Å². The van der Waals surface area contributed by atoms with Crippen LogP contribution in [-0.2, 0) is 13.1 Å². The van der Waals surface area contributed by atoms with E-state index in [0.29, 0.717) is 0 Å². The number of piperidine rings is 1.